The molecular weight excluding hydrogens is 144 g/mol. The summed E-state index contributed by atoms with van der Waals surface area (Å²) in [4.78, 5) is 0. The van der Waals surface area contributed by atoms with Crippen molar-refractivity contribution in [2.75, 3.05) is 0 Å². The van der Waals surface area contributed by atoms with E-state index in [4.69, 9.17) is 11.6 Å². The predicted octanol–water partition coefficient (Wildman–Crippen LogP) is 3.44. The van der Waals surface area contributed by atoms with Gasteiger partial charge in [-0.1, -0.05) is 20.8 Å². The van der Waals surface area contributed by atoms with E-state index in [0.29, 0.717) is 16.7 Å². The van der Waals surface area contributed by atoms with Crippen LogP contribution < -0.4 is 0 Å². The van der Waals surface area contributed by atoms with Crippen molar-refractivity contribution in [3.8, 4) is 0 Å². The Morgan fingerprint density at radius 1 is 1.40 bits per heavy atom. The van der Waals surface area contributed by atoms with Crippen molar-refractivity contribution in [1.29, 1.82) is 0 Å². The summed E-state index contributed by atoms with van der Waals surface area (Å²) >= 11 is 6.09. The molecule has 0 spiro atoms. The van der Waals surface area contributed by atoms with Crippen molar-refractivity contribution in [3.05, 3.63) is 0 Å². The van der Waals surface area contributed by atoms with Gasteiger partial charge in [0.2, 0.25) is 0 Å². The lowest BCUT2D eigenvalue weighted by Crippen LogP contribution is -2.28. The zero-order valence-electron chi connectivity index (χ0n) is 7.15. The van der Waals surface area contributed by atoms with Crippen LogP contribution in [0.15, 0.2) is 0 Å². The maximum atomic E-state index is 6.09. The van der Waals surface area contributed by atoms with Crippen LogP contribution in [0.25, 0.3) is 0 Å². The zero-order valence-corrected chi connectivity index (χ0v) is 7.91. The number of hydrogen-bond acceptors (Lipinski definition) is 0. The lowest BCUT2D eigenvalue weighted by molar-refractivity contribution is 0.195. The molecule has 0 heterocycles. The highest BCUT2D eigenvalue weighted by Crippen LogP contribution is 2.40. The molecular formula is C9H17Cl. The minimum atomic E-state index is 0.438. The summed E-state index contributed by atoms with van der Waals surface area (Å²) in [6, 6.07) is 0. The summed E-state index contributed by atoms with van der Waals surface area (Å²) in [6.45, 7) is 6.94. The number of hydrogen-bond donors (Lipinski definition) is 0. The predicted molar refractivity (Wildman–Crippen MR) is 46.4 cm³/mol. The molecule has 0 amide bonds. The van der Waals surface area contributed by atoms with Crippen LogP contribution in [0.1, 0.15) is 40.0 Å². The Morgan fingerprint density at radius 3 is 2.40 bits per heavy atom. The first-order valence-electron chi connectivity index (χ1n) is 4.15. The molecule has 1 aliphatic carbocycles. The van der Waals surface area contributed by atoms with Crippen LogP contribution in [0.2, 0.25) is 0 Å². The molecule has 0 nitrogen and oxygen atoms in total. The fourth-order valence-corrected chi connectivity index (χ4v) is 2.11. The van der Waals surface area contributed by atoms with Gasteiger partial charge in [-0.25, -0.2) is 0 Å². The highest BCUT2D eigenvalue weighted by atomic mass is 35.5. The first kappa shape index (κ1) is 8.39. The molecule has 0 saturated heterocycles. The van der Waals surface area contributed by atoms with Gasteiger partial charge >= 0.3 is 0 Å². The van der Waals surface area contributed by atoms with Crippen LogP contribution in [-0.2, 0) is 0 Å². The number of halogens is 1. The normalized spacial score (nSPS) is 39.6. The second-order valence-electron chi connectivity index (χ2n) is 4.40. The molecule has 2 atom stereocenters. The molecule has 0 aromatic rings. The van der Waals surface area contributed by atoms with E-state index in [1.165, 1.54) is 19.3 Å². The van der Waals surface area contributed by atoms with Crippen molar-refractivity contribution < 1.29 is 0 Å². The molecule has 0 aromatic heterocycles. The second kappa shape index (κ2) is 2.73. The third-order valence-corrected chi connectivity index (χ3v) is 3.24. The summed E-state index contributed by atoms with van der Waals surface area (Å²) in [6.07, 6.45) is 3.79. The molecule has 1 fully saturated rings. The molecule has 0 N–H and O–H groups in total. The van der Waals surface area contributed by atoms with E-state index in [1.807, 2.05) is 0 Å². The van der Waals surface area contributed by atoms with Crippen molar-refractivity contribution in [2.45, 2.75) is 45.4 Å². The van der Waals surface area contributed by atoms with E-state index in [1.54, 1.807) is 0 Å². The summed E-state index contributed by atoms with van der Waals surface area (Å²) in [5.41, 5.74) is 0.546. The molecule has 60 valence electrons. The van der Waals surface area contributed by atoms with Gasteiger partial charge in [0.1, 0.15) is 0 Å². The van der Waals surface area contributed by atoms with Gasteiger partial charge in [0.15, 0.2) is 0 Å². The lowest BCUT2D eigenvalue weighted by Gasteiger charge is -2.36. The topological polar surface area (TPSA) is 0 Å². The summed E-state index contributed by atoms with van der Waals surface area (Å²) < 4.78 is 0. The average Bonchev–Trinajstić information content (AvgIpc) is 1.79. The minimum Gasteiger partial charge on any atom is -0.123 e. The molecule has 1 heteroatoms. The van der Waals surface area contributed by atoms with E-state index in [0.717, 1.165) is 0 Å². The van der Waals surface area contributed by atoms with E-state index < -0.39 is 0 Å². The number of alkyl halides is 1. The van der Waals surface area contributed by atoms with Crippen molar-refractivity contribution in [1.82, 2.24) is 0 Å². The molecule has 0 aliphatic heterocycles. The Kier molecular flexibility index (Phi) is 2.29. The van der Waals surface area contributed by atoms with Crippen LogP contribution >= 0.6 is 11.6 Å². The maximum absolute atomic E-state index is 6.09. The highest BCUT2D eigenvalue weighted by Gasteiger charge is 2.30. The molecule has 1 rings (SSSR count). The molecule has 0 aromatic carbocycles. The van der Waals surface area contributed by atoms with Crippen molar-refractivity contribution in [3.63, 3.8) is 0 Å². The Balaban J connectivity index is 2.49. The van der Waals surface area contributed by atoms with E-state index in [9.17, 15) is 0 Å². The van der Waals surface area contributed by atoms with Gasteiger partial charge in [-0.05, 0) is 30.6 Å². The molecule has 1 saturated carbocycles. The van der Waals surface area contributed by atoms with Crippen LogP contribution in [0.3, 0.4) is 0 Å². The SMILES string of the molecule is CC1CC(C)(C)CCC1Cl. The highest BCUT2D eigenvalue weighted by molar-refractivity contribution is 6.20. The van der Waals surface area contributed by atoms with E-state index >= 15 is 0 Å². The van der Waals surface area contributed by atoms with Gasteiger partial charge < -0.3 is 0 Å². The van der Waals surface area contributed by atoms with Crippen LogP contribution in [0, 0.1) is 11.3 Å². The smallest absolute Gasteiger partial charge is 0.0362 e. The first-order valence-corrected chi connectivity index (χ1v) is 4.59. The molecule has 0 bridgehead atoms. The van der Waals surface area contributed by atoms with Crippen molar-refractivity contribution in [2.24, 2.45) is 11.3 Å². The van der Waals surface area contributed by atoms with Gasteiger partial charge in [-0.15, -0.1) is 11.6 Å². The largest absolute Gasteiger partial charge is 0.123 e. The van der Waals surface area contributed by atoms with Crippen LogP contribution in [-0.4, -0.2) is 5.38 Å². The molecule has 10 heavy (non-hydrogen) atoms. The quantitative estimate of drug-likeness (QED) is 0.477. The van der Waals surface area contributed by atoms with E-state index in [2.05, 4.69) is 20.8 Å². The summed E-state index contributed by atoms with van der Waals surface area (Å²) in [5, 5.41) is 0.438. The van der Waals surface area contributed by atoms with Crippen LogP contribution in [0.5, 0.6) is 0 Å². The standard InChI is InChI=1S/C9H17Cl/c1-7-6-9(2,3)5-4-8(7)10/h7-8H,4-6H2,1-3H3. The monoisotopic (exact) mass is 160 g/mol. The third kappa shape index (κ3) is 1.88. The van der Waals surface area contributed by atoms with Crippen LogP contribution in [0.4, 0.5) is 0 Å². The molecule has 1 aliphatic rings. The maximum Gasteiger partial charge on any atom is 0.0362 e. The van der Waals surface area contributed by atoms with E-state index in [-0.39, 0.29) is 0 Å². The minimum absolute atomic E-state index is 0.438. The summed E-state index contributed by atoms with van der Waals surface area (Å²) in [7, 11) is 0. The molecule has 2 unspecified atom stereocenters. The summed E-state index contributed by atoms with van der Waals surface area (Å²) in [5.74, 6) is 0.713. The van der Waals surface area contributed by atoms with Gasteiger partial charge in [0.25, 0.3) is 0 Å². The Hall–Kier alpha value is 0.290. The van der Waals surface area contributed by atoms with Gasteiger partial charge in [-0.3, -0.25) is 0 Å². The van der Waals surface area contributed by atoms with Gasteiger partial charge in [0.05, 0.1) is 0 Å². The Labute approximate surface area is 69.0 Å². The van der Waals surface area contributed by atoms with Crippen molar-refractivity contribution >= 4 is 11.6 Å². The average molecular weight is 161 g/mol. The molecule has 0 radical (unpaired) electrons. The van der Waals surface area contributed by atoms with Gasteiger partial charge in [0, 0.05) is 5.38 Å². The fourth-order valence-electron chi connectivity index (χ4n) is 1.91. The Bertz CT molecular complexity index is 118. The Morgan fingerprint density at radius 2 is 2.00 bits per heavy atom. The fraction of sp³-hybridized carbons (Fsp3) is 1.00. The third-order valence-electron chi connectivity index (χ3n) is 2.59. The lowest BCUT2D eigenvalue weighted by atomic mass is 9.73. The number of rotatable bonds is 0. The second-order valence-corrected chi connectivity index (χ2v) is 4.96. The van der Waals surface area contributed by atoms with Gasteiger partial charge in [-0.2, -0.15) is 0 Å². The zero-order chi connectivity index (χ0) is 7.78. The first-order chi connectivity index (χ1) is 4.51.